The van der Waals surface area contributed by atoms with Gasteiger partial charge in [0.1, 0.15) is 11.5 Å². The molecule has 1 aromatic rings. The summed E-state index contributed by atoms with van der Waals surface area (Å²) in [7, 11) is 2.90. The van der Waals surface area contributed by atoms with Crippen molar-refractivity contribution in [2.45, 2.75) is 6.92 Å². The second-order valence-corrected chi connectivity index (χ2v) is 4.09. The van der Waals surface area contributed by atoms with Gasteiger partial charge in [0.2, 0.25) is 0 Å². The molecule has 8 nitrogen and oxygen atoms in total. The molecular weight excluding hydrogens is 292 g/mol. The first-order chi connectivity index (χ1) is 10.5. The van der Waals surface area contributed by atoms with Crippen LogP contribution in [-0.4, -0.2) is 45.3 Å². The third kappa shape index (κ3) is 5.31. The quantitative estimate of drug-likeness (QED) is 0.750. The lowest BCUT2D eigenvalue weighted by Crippen LogP contribution is -2.41. The maximum absolute atomic E-state index is 11.9. The minimum absolute atomic E-state index is 0.169. The molecule has 0 aromatic heterocycles. The van der Waals surface area contributed by atoms with E-state index in [1.165, 1.54) is 26.4 Å². The lowest BCUT2D eigenvalue weighted by Gasteiger charge is -2.09. The number of carbonyl (C=O) groups is 3. The van der Waals surface area contributed by atoms with Crippen LogP contribution in [0.1, 0.15) is 17.3 Å². The zero-order chi connectivity index (χ0) is 16.5. The molecule has 22 heavy (non-hydrogen) atoms. The highest BCUT2D eigenvalue weighted by Crippen LogP contribution is 2.22. The highest BCUT2D eigenvalue weighted by molar-refractivity contribution is 5.97. The van der Waals surface area contributed by atoms with Crippen LogP contribution in [0.3, 0.4) is 0 Å². The van der Waals surface area contributed by atoms with Gasteiger partial charge < -0.3 is 19.5 Å². The van der Waals surface area contributed by atoms with E-state index in [9.17, 15) is 14.4 Å². The predicted octanol–water partition coefficient (Wildman–Crippen LogP) is 0.706. The molecule has 0 unspecified atom stereocenters. The van der Waals surface area contributed by atoms with Crippen molar-refractivity contribution in [3.63, 3.8) is 0 Å². The van der Waals surface area contributed by atoms with E-state index in [2.05, 4.69) is 5.32 Å². The topological polar surface area (TPSA) is 103 Å². The third-order valence-corrected chi connectivity index (χ3v) is 2.51. The molecule has 1 rings (SSSR count). The fourth-order valence-electron chi connectivity index (χ4n) is 1.51. The Kier molecular flexibility index (Phi) is 6.68. The molecule has 0 aliphatic rings. The van der Waals surface area contributed by atoms with Crippen molar-refractivity contribution in [3.05, 3.63) is 23.8 Å². The molecule has 0 radical (unpaired) electrons. The average molecular weight is 310 g/mol. The fraction of sp³-hybridized carbons (Fsp3) is 0.357. The molecule has 0 heterocycles. The fourth-order valence-corrected chi connectivity index (χ4v) is 1.51. The van der Waals surface area contributed by atoms with Gasteiger partial charge in [0, 0.05) is 12.6 Å². The minimum Gasteiger partial charge on any atom is -0.497 e. The van der Waals surface area contributed by atoms with Gasteiger partial charge >= 0.3 is 12.0 Å². The van der Waals surface area contributed by atoms with Gasteiger partial charge in [-0.15, -0.1) is 0 Å². The van der Waals surface area contributed by atoms with Crippen LogP contribution in [0.5, 0.6) is 11.5 Å². The molecular formula is C14H18N2O6. The molecule has 0 fully saturated rings. The molecule has 0 atom stereocenters. The van der Waals surface area contributed by atoms with E-state index < -0.39 is 24.5 Å². The Morgan fingerprint density at radius 3 is 2.14 bits per heavy atom. The lowest BCUT2D eigenvalue weighted by atomic mass is 10.2. The third-order valence-electron chi connectivity index (χ3n) is 2.51. The van der Waals surface area contributed by atoms with Crippen molar-refractivity contribution >= 4 is 17.9 Å². The zero-order valence-electron chi connectivity index (χ0n) is 12.6. The largest absolute Gasteiger partial charge is 0.497 e. The van der Waals surface area contributed by atoms with Gasteiger partial charge in [0.15, 0.2) is 6.61 Å². The summed E-state index contributed by atoms with van der Waals surface area (Å²) in [6.07, 6.45) is 0. The van der Waals surface area contributed by atoms with E-state index in [1.54, 1.807) is 13.0 Å². The summed E-state index contributed by atoms with van der Waals surface area (Å²) in [6, 6.07) is 3.85. The molecule has 0 aliphatic heterocycles. The van der Waals surface area contributed by atoms with Crippen LogP contribution < -0.4 is 20.1 Å². The van der Waals surface area contributed by atoms with Crippen LogP contribution in [0, 0.1) is 0 Å². The summed E-state index contributed by atoms with van der Waals surface area (Å²) < 4.78 is 14.9. The molecule has 0 aliphatic carbocycles. The number of ether oxygens (including phenoxy) is 3. The number of hydrogen-bond donors (Lipinski definition) is 2. The molecule has 8 heteroatoms. The number of nitrogens with one attached hydrogen (secondary N) is 2. The SMILES string of the molecule is CCNC(=O)NC(=O)COC(=O)c1cc(OC)cc(OC)c1. The second kappa shape index (κ2) is 8.50. The Morgan fingerprint density at radius 2 is 1.64 bits per heavy atom. The standard InChI is InChI=1S/C14H18N2O6/c1-4-15-14(19)16-12(17)8-22-13(18)9-5-10(20-2)7-11(6-9)21-3/h5-7H,4,8H2,1-3H3,(H2,15,16,17,19). The molecule has 3 amide bonds. The Labute approximate surface area is 127 Å². The number of rotatable bonds is 6. The van der Waals surface area contributed by atoms with Crippen molar-refractivity contribution in [1.29, 1.82) is 0 Å². The monoisotopic (exact) mass is 310 g/mol. The summed E-state index contributed by atoms with van der Waals surface area (Å²) >= 11 is 0. The van der Waals surface area contributed by atoms with Crippen LogP contribution >= 0.6 is 0 Å². The first-order valence-corrected chi connectivity index (χ1v) is 6.48. The number of benzene rings is 1. The second-order valence-electron chi connectivity index (χ2n) is 4.09. The van der Waals surface area contributed by atoms with Crippen LogP contribution in [0.2, 0.25) is 0 Å². The van der Waals surface area contributed by atoms with Crippen molar-refractivity contribution in [3.8, 4) is 11.5 Å². The van der Waals surface area contributed by atoms with E-state index in [0.717, 1.165) is 0 Å². The molecule has 0 saturated heterocycles. The molecule has 1 aromatic carbocycles. The predicted molar refractivity (Wildman–Crippen MR) is 77.0 cm³/mol. The van der Waals surface area contributed by atoms with Crippen LogP contribution in [0.15, 0.2) is 18.2 Å². The molecule has 0 spiro atoms. The summed E-state index contributed by atoms with van der Waals surface area (Å²) in [5, 5.41) is 4.40. The summed E-state index contributed by atoms with van der Waals surface area (Å²) in [4.78, 5) is 34.4. The van der Waals surface area contributed by atoms with Gasteiger partial charge in [-0.1, -0.05) is 0 Å². The Bertz CT molecular complexity index is 536. The highest BCUT2D eigenvalue weighted by Gasteiger charge is 2.14. The summed E-state index contributed by atoms with van der Waals surface area (Å²) in [6.45, 7) is 1.51. The Hall–Kier alpha value is -2.77. The maximum Gasteiger partial charge on any atom is 0.338 e. The smallest absolute Gasteiger partial charge is 0.338 e. The van der Waals surface area contributed by atoms with E-state index in [1.807, 2.05) is 5.32 Å². The van der Waals surface area contributed by atoms with Gasteiger partial charge in [0.25, 0.3) is 5.91 Å². The van der Waals surface area contributed by atoms with Gasteiger partial charge in [-0.05, 0) is 19.1 Å². The summed E-state index contributed by atoms with van der Waals surface area (Å²) in [5.74, 6) is -0.631. The number of esters is 1. The first-order valence-electron chi connectivity index (χ1n) is 6.48. The molecule has 2 N–H and O–H groups in total. The van der Waals surface area contributed by atoms with E-state index in [0.29, 0.717) is 18.0 Å². The molecule has 0 saturated carbocycles. The normalized spacial score (nSPS) is 9.59. The number of methoxy groups -OCH3 is 2. The molecule has 0 bridgehead atoms. The van der Waals surface area contributed by atoms with Crippen molar-refractivity contribution in [2.24, 2.45) is 0 Å². The van der Waals surface area contributed by atoms with E-state index in [-0.39, 0.29) is 5.56 Å². The van der Waals surface area contributed by atoms with Crippen molar-refractivity contribution in [1.82, 2.24) is 10.6 Å². The van der Waals surface area contributed by atoms with Crippen LogP contribution in [0.4, 0.5) is 4.79 Å². The van der Waals surface area contributed by atoms with Crippen molar-refractivity contribution < 1.29 is 28.6 Å². The number of urea groups is 1. The Morgan fingerprint density at radius 1 is 1.05 bits per heavy atom. The number of imide groups is 1. The van der Waals surface area contributed by atoms with Gasteiger partial charge in [0.05, 0.1) is 19.8 Å². The van der Waals surface area contributed by atoms with Crippen LogP contribution in [0.25, 0.3) is 0 Å². The van der Waals surface area contributed by atoms with Crippen LogP contribution in [-0.2, 0) is 9.53 Å². The lowest BCUT2D eigenvalue weighted by molar-refractivity contribution is -0.123. The van der Waals surface area contributed by atoms with Gasteiger partial charge in [-0.25, -0.2) is 9.59 Å². The van der Waals surface area contributed by atoms with Gasteiger partial charge in [-0.3, -0.25) is 10.1 Å². The summed E-state index contributed by atoms with van der Waals surface area (Å²) in [5.41, 5.74) is 0.169. The average Bonchev–Trinajstić information content (AvgIpc) is 2.52. The minimum atomic E-state index is -0.733. The number of amides is 3. The number of carbonyl (C=O) groups excluding carboxylic acids is 3. The van der Waals surface area contributed by atoms with E-state index in [4.69, 9.17) is 14.2 Å². The zero-order valence-corrected chi connectivity index (χ0v) is 12.6. The van der Waals surface area contributed by atoms with Gasteiger partial charge in [-0.2, -0.15) is 0 Å². The highest BCUT2D eigenvalue weighted by atomic mass is 16.5. The first kappa shape index (κ1) is 17.3. The Balaban J connectivity index is 2.62. The molecule has 120 valence electrons. The van der Waals surface area contributed by atoms with E-state index >= 15 is 0 Å². The van der Waals surface area contributed by atoms with Crippen molar-refractivity contribution in [2.75, 3.05) is 27.4 Å². The maximum atomic E-state index is 11.9. The number of hydrogen-bond acceptors (Lipinski definition) is 6.